The highest BCUT2D eigenvalue weighted by atomic mass is 19.1. The van der Waals surface area contributed by atoms with Crippen LogP contribution in [-0.4, -0.2) is 4.57 Å². The number of hydrogen-bond donors (Lipinski definition) is 0. The van der Waals surface area contributed by atoms with Crippen molar-refractivity contribution in [2.75, 3.05) is 4.90 Å². The smallest absolute Gasteiger partial charge is 0.161 e. The van der Waals surface area contributed by atoms with Crippen molar-refractivity contribution in [3.63, 3.8) is 0 Å². The number of rotatable bonds is 6. The van der Waals surface area contributed by atoms with Crippen LogP contribution in [-0.2, 0) is 0 Å². The lowest BCUT2D eigenvalue weighted by molar-refractivity contribution is 0.628. The number of aromatic nitrogens is 1. The summed E-state index contributed by atoms with van der Waals surface area (Å²) in [5.41, 5.74) is 12.4. The Hall–Kier alpha value is -6.39. The highest BCUT2D eigenvalue weighted by Gasteiger charge is 2.19. The number of benzene rings is 7. The second-order valence-corrected chi connectivity index (χ2v) is 12.0. The first-order valence-corrected chi connectivity index (χ1v) is 16.0. The second kappa shape index (κ2) is 11.4. The Morgan fingerprint density at radius 1 is 0.458 bits per heavy atom. The molecule has 0 saturated heterocycles. The molecule has 0 spiro atoms. The van der Waals surface area contributed by atoms with Crippen molar-refractivity contribution in [2.45, 2.75) is 0 Å². The summed E-state index contributed by atoms with van der Waals surface area (Å²) >= 11 is 0. The van der Waals surface area contributed by atoms with Crippen molar-refractivity contribution in [3.05, 3.63) is 182 Å². The van der Waals surface area contributed by atoms with Crippen LogP contribution in [0.15, 0.2) is 180 Å². The van der Waals surface area contributed by atoms with Crippen LogP contribution < -0.4 is 4.90 Å². The molecule has 0 bridgehead atoms. The molecular formula is C44H29FN2O. The summed E-state index contributed by atoms with van der Waals surface area (Å²) in [6.07, 6.45) is 0. The molecular weight excluding hydrogens is 591 g/mol. The van der Waals surface area contributed by atoms with Crippen molar-refractivity contribution >= 4 is 50.0 Å². The maximum absolute atomic E-state index is 14.0. The lowest BCUT2D eigenvalue weighted by atomic mass is 10.0. The van der Waals surface area contributed by atoms with E-state index >= 15 is 0 Å². The number of nitrogens with zero attached hydrogens (tertiary/aromatic N) is 2. The van der Waals surface area contributed by atoms with Gasteiger partial charge < -0.3 is 13.9 Å². The highest BCUT2D eigenvalue weighted by Crippen LogP contribution is 2.40. The molecule has 0 atom stereocenters. The number of fused-ring (bicyclic) bond motifs is 5. The number of anilines is 3. The first-order valence-electron chi connectivity index (χ1n) is 16.0. The monoisotopic (exact) mass is 620 g/mol. The standard InChI is InChI=1S/C44H29FN2O/c45-34-21-27-36(28-22-34)46(35-23-17-31(18-24-35)30-9-2-1-3-10-30)38-12-8-11-33(29-38)32-19-25-37(26-20-32)47-41-15-6-4-13-39(41)44-43(47)40-14-5-7-16-42(40)48-44/h1-29H. The molecule has 228 valence electrons. The summed E-state index contributed by atoms with van der Waals surface area (Å²) in [6.45, 7) is 0. The van der Waals surface area contributed by atoms with Gasteiger partial charge >= 0.3 is 0 Å². The average Bonchev–Trinajstić information content (AvgIpc) is 3.68. The van der Waals surface area contributed by atoms with Gasteiger partial charge in [0.2, 0.25) is 0 Å². The molecule has 0 unspecified atom stereocenters. The SMILES string of the molecule is Fc1ccc(N(c2ccc(-c3ccccc3)cc2)c2cccc(-c3ccc(-n4c5ccccc5c5oc6ccccc6c54)cc3)c2)cc1. The van der Waals surface area contributed by atoms with Gasteiger partial charge in [0, 0.05) is 33.5 Å². The molecule has 3 nitrogen and oxygen atoms in total. The quantitative estimate of drug-likeness (QED) is 0.184. The predicted molar refractivity (Wildman–Crippen MR) is 196 cm³/mol. The molecule has 0 aliphatic heterocycles. The van der Waals surface area contributed by atoms with Crippen molar-refractivity contribution in [2.24, 2.45) is 0 Å². The van der Waals surface area contributed by atoms with Gasteiger partial charge in [0.25, 0.3) is 0 Å². The summed E-state index contributed by atoms with van der Waals surface area (Å²) in [5, 5.41) is 2.19. The molecule has 9 rings (SSSR count). The normalized spacial score (nSPS) is 11.4. The molecule has 2 heterocycles. The Kier molecular flexibility index (Phi) is 6.65. The van der Waals surface area contributed by atoms with Gasteiger partial charge in [-0.3, -0.25) is 0 Å². The van der Waals surface area contributed by atoms with Crippen molar-refractivity contribution in [1.29, 1.82) is 0 Å². The first-order chi connectivity index (χ1) is 23.7. The Morgan fingerprint density at radius 2 is 1.04 bits per heavy atom. The molecule has 4 heteroatoms. The topological polar surface area (TPSA) is 21.3 Å². The van der Waals surface area contributed by atoms with Crippen LogP contribution in [0.1, 0.15) is 0 Å². The van der Waals surface area contributed by atoms with E-state index in [2.05, 4.69) is 131 Å². The summed E-state index contributed by atoms with van der Waals surface area (Å²) < 4.78 is 22.7. The third-order valence-electron chi connectivity index (χ3n) is 9.06. The molecule has 0 aliphatic carbocycles. The van der Waals surface area contributed by atoms with Crippen LogP contribution in [0.25, 0.3) is 60.9 Å². The third-order valence-corrected chi connectivity index (χ3v) is 9.06. The van der Waals surface area contributed by atoms with E-state index in [1.54, 1.807) is 0 Å². The predicted octanol–water partition coefficient (Wildman–Crippen LogP) is 12.5. The van der Waals surface area contributed by atoms with Crippen molar-refractivity contribution in [1.82, 2.24) is 4.57 Å². The Labute approximate surface area is 277 Å². The largest absolute Gasteiger partial charge is 0.454 e. The maximum Gasteiger partial charge on any atom is 0.161 e. The van der Waals surface area contributed by atoms with Gasteiger partial charge in [-0.1, -0.05) is 91.0 Å². The van der Waals surface area contributed by atoms with Gasteiger partial charge in [0.1, 0.15) is 16.9 Å². The summed E-state index contributed by atoms with van der Waals surface area (Å²) in [4.78, 5) is 2.17. The average molecular weight is 621 g/mol. The number of para-hydroxylation sites is 2. The minimum Gasteiger partial charge on any atom is -0.454 e. The zero-order chi connectivity index (χ0) is 32.0. The fourth-order valence-electron chi connectivity index (χ4n) is 6.78. The molecule has 0 N–H and O–H groups in total. The zero-order valence-electron chi connectivity index (χ0n) is 25.9. The van der Waals surface area contributed by atoms with Crippen LogP contribution in [0.3, 0.4) is 0 Å². The van der Waals surface area contributed by atoms with Crippen LogP contribution in [0.5, 0.6) is 0 Å². The fourth-order valence-corrected chi connectivity index (χ4v) is 6.78. The summed E-state index contributed by atoms with van der Waals surface area (Å²) in [7, 11) is 0. The van der Waals surface area contributed by atoms with Gasteiger partial charge in [-0.25, -0.2) is 4.39 Å². The van der Waals surface area contributed by atoms with Crippen LogP contribution in [0, 0.1) is 5.82 Å². The van der Waals surface area contributed by atoms with E-state index in [1.807, 2.05) is 42.5 Å². The minimum atomic E-state index is -0.261. The van der Waals surface area contributed by atoms with Crippen LogP contribution >= 0.6 is 0 Å². The minimum absolute atomic E-state index is 0.261. The van der Waals surface area contributed by atoms with E-state index in [9.17, 15) is 4.39 Å². The Bertz CT molecular complexity index is 2540. The molecule has 48 heavy (non-hydrogen) atoms. The van der Waals surface area contributed by atoms with E-state index < -0.39 is 0 Å². The second-order valence-electron chi connectivity index (χ2n) is 12.0. The summed E-state index contributed by atoms with van der Waals surface area (Å²) in [5.74, 6) is -0.261. The highest BCUT2D eigenvalue weighted by molar-refractivity contribution is 6.16. The first kappa shape index (κ1) is 27.9. The molecule has 0 aliphatic rings. The Balaban J connectivity index is 1.11. The van der Waals surface area contributed by atoms with Gasteiger partial charge in [-0.05, 0) is 107 Å². The van der Waals surface area contributed by atoms with E-state index in [0.29, 0.717) is 0 Å². The lowest BCUT2D eigenvalue weighted by Gasteiger charge is -2.26. The Morgan fingerprint density at radius 3 is 1.81 bits per heavy atom. The van der Waals surface area contributed by atoms with Crippen molar-refractivity contribution < 1.29 is 8.81 Å². The molecule has 0 fully saturated rings. The fraction of sp³-hybridized carbons (Fsp3) is 0. The molecule has 0 radical (unpaired) electrons. The van der Waals surface area contributed by atoms with Crippen molar-refractivity contribution in [3.8, 4) is 27.9 Å². The van der Waals surface area contributed by atoms with Gasteiger partial charge in [0.15, 0.2) is 5.58 Å². The molecule has 0 amide bonds. The maximum atomic E-state index is 14.0. The van der Waals surface area contributed by atoms with E-state index in [-0.39, 0.29) is 5.82 Å². The van der Waals surface area contributed by atoms with Crippen LogP contribution in [0.2, 0.25) is 0 Å². The van der Waals surface area contributed by atoms with E-state index in [0.717, 1.165) is 78.0 Å². The third kappa shape index (κ3) is 4.74. The van der Waals surface area contributed by atoms with Crippen LogP contribution in [0.4, 0.5) is 21.5 Å². The number of hydrogen-bond acceptors (Lipinski definition) is 2. The van der Waals surface area contributed by atoms with Gasteiger partial charge in [-0.15, -0.1) is 0 Å². The molecule has 0 saturated carbocycles. The molecule has 9 aromatic rings. The molecule has 2 aromatic heterocycles. The lowest BCUT2D eigenvalue weighted by Crippen LogP contribution is -2.10. The zero-order valence-corrected chi connectivity index (χ0v) is 25.9. The number of halogens is 1. The van der Waals surface area contributed by atoms with E-state index in [4.69, 9.17) is 4.42 Å². The summed E-state index contributed by atoms with van der Waals surface area (Å²) in [6, 6.07) is 59.3. The van der Waals surface area contributed by atoms with Gasteiger partial charge in [0.05, 0.1) is 5.52 Å². The molecule has 7 aromatic carbocycles. The number of furan rings is 1. The van der Waals surface area contributed by atoms with E-state index in [1.165, 1.54) is 12.1 Å². The van der Waals surface area contributed by atoms with Gasteiger partial charge in [-0.2, -0.15) is 0 Å².